The van der Waals surface area contributed by atoms with E-state index < -0.39 is 0 Å². The number of hydrogen-bond donors (Lipinski definition) is 2. The summed E-state index contributed by atoms with van der Waals surface area (Å²) in [4.78, 5) is 12.2. The van der Waals surface area contributed by atoms with Crippen molar-refractivity contribution in [2.75, 3.05) is 13.2 Å². The molecule has 0 aliphatic rings. The Labute approximate surface area is 194 Å². The number of ether oxygens (including phenoxy) is 2. The maximum atomic E-state index is 12.2. The number of H-pyrrole nitrogens is 1. The molecule has 0 radical (unpaired) electrons. The number of tetrazole rings is 1. The highest BCUT2D eigenvalue weighted by Crippen LogP contribution is 2.34. The number of ketones is 1. The minimum Gasteiger partial charge on any atom is -0.506 e. The van der Waals surface area contributed by atoms with E-state index in [0.29, 0.717) is 40.3 Å². The number of aromatic hydroxyl groups is 1. The summed E-state index contributed by atoms with van der Waals surface area (Å²) in [5.41, 5.74) is 1.18. The van der Waals surface area contributed by atoms with E-state index in [0.717, 1.165) is 24.2 Å². The molecule has 0 saturated carbocycles. The summed E-state index contributed by atoms with van der Waals surface area (Å²) >= 11 is 2.01. The van der Waals surface area contributed by atoms with Crippen LogP contribution in [0.5, 0.6) is 17.2 Å². The smallest absolute Gasteiger partial charge is 0.204 e. The number of Topliss-reactive ketones (excluding diaryl/α,β-unsaturated/α-hetero) is 1. The number of phenols is 1. The third-order valence-electron chi connectivity index (χ3n) is 4.48. The molecule has 3 aromatic rings. The van der Waals surface area contributed by atoms with Crippen molar-refractivity contribution in [1.29, 1.82) is 0 Å². The van der Waals surface area contributed by atoms with Crippen LogP contribution in [-0.2, 0) is 0 Å². The molecule has 3 rings (SSSR count). The summed E-state index contributed by atoms with van der Waals surface area (Å²) in [5.74, 6) is 2.01. The van der Waals surface area contributed by atoms with Crippen LogP contribution in [-0.4, -0.2) is 44.7 Å². The van der Waals surface area contributed by atoms with Crippen molar-refractivity contribution >= 4 is 28.4 Å². The van der Waals surface area contributed by atoms with E-state index in [9.17, 15) is 9.90 Å². The SMILES string of the molecule is CC(C)CC(=O)c1ccc(OCCCCOc2cccc(-c3nn[nH]n3)c2)c(I)c1O. The summed E-state index contributed by atoms with van der Waals surface area (Å²) in [6, 6.07) is 10.9. The molecular weight excluding hydrogens is 511 g/mol. The average molecular weight is 536 g/mol. The fraction of sp³-hybridized carbons (Fsp3) is 0.364. The number of nitrogens with one attached hydrogen (secondary N) is 1. The first kappa shape index (κ1) is 23.0. The first-order chi connectivity index (χ1) is 15.0. The zero-order valence-corrected chi connectivity index (χ0v) is 19.6. The van der Waals surface area contributed by atoms with Gasteiger partial charge in [0.2, 0.25) is 5.82 Å². The second kappa shape index (κ2) is 11.1. The standard InChI is InChI=1S/C22H25IN4O4/c1-14(2)12-18(28)17-8-9-19(20(23)21(17)29)31-11-4-3-10-30-16-7-5-6-15(13-16)22-24-26-27-25-22/h5-9,13-14,29H,3-4,10-12H2,1-2H3,(H,24,25,26,27). The van der Waals surface area contributed by atoms with Gasteiger partial charge >= 0.3 is 0 Å². The monoisotopic (exact) mass is 536 g/mol. The molecule has 0 fully saturated rings. The molecule has 0 bridgehead atoms. The Morgan fingerprint density at radius 3 is 2.65 bits per heavy atom. The van der Waals surface area contributed by atoms with Crippen LogP contribution in [0.25, 0.3) is 11.4 Å². The minimum atomic E-state index is -0.0579. The third-order valence-corrected chi connectivity index (χ3v) is 5.52. The maximum Gasteiger partial charge on any atom is 0.204 e. The number of nitrogens with zero attached hydrogens (tertiary/aromatic N) is 3. The Morgan fingerprint density at radius 2 is 1.94 bits per heavy atom. The fourth-order valence-corrected chi connectivity index (χ4v) is 3.57. The van der Waals surface area contributed by atoms with Gasteiger partial charge in [0.25, 0.3) is 0 Å². The summed E-state index contributed by atoms with van der Waals surface area (Å²) in [5, 5.41) is 24.3. The second-order valence-corrected chi connectivity index (χ2v) is 8.54. The number of hydrogen-bond acceptors (Lipinski definition) is 7. The van der Waals surface area contributed by atoms with Crippen LogP contribution in [0.1, 0.15) is 43.5 Å². The molecule has 0 amide bonds. The molecule has 0 spiro atoms. The van der Waals surface area contributed by atoms with E-state index in [4.69, 9.17) is 9.47 Å². The van der Waals surface area contributed by atoms with E-state index in [1.165, 1.54) is 0 Å². The van der Waals surface area contributed by atoms with Crippen molar-refractivity contribution in [2.24, 2.45) is 5.92 Å². The van der Waals surface area contributed by atoms with Crippen LogP contribution in [0, 0.1) is 9.49 Å². The molecule has 1 heterocycles. The number of phenolic OH excluding ortho intramolecular Hbond substituents is 1. The van der Waals surface area contributed by atoms with Gasteiger partial charge in [-0.05, 0) is 70.8 Å². The molecule has 31 heavy (non-hydrogen) atoms. The average Bonchev–Trinajstić information content (AvgIpc) is 3.28. The van der Waals surface area contributed by atoms with Crippen LogP contribution < -0.4 is 9.47 Å². The van der Waals surface area contributed by atoms with E-state index in [2.05, 4.69) is 20.6 Å². The molecule has 164 valence electrons. The van der Waals surface area contributed by atoms with Crippen molar-refractivity contribution in [1.82, 2.24) is 20.6 Å². The number of halogens is 1. The van der Waals surface area contributed by atoms with Gasteiger partial charge < -0.3 is 14.6 Å². The number of carbonyl (C=O) groups excluding carboxylic acids is 1. The quantitative estimate of drug-likeness (QED) is 0.209. The number of aromatic nitrogens is 4. The Hall–Kier alpha value is -2.69. The lowest BCUT2D eigenvalue weighted by molar-refractivity contribution is 0.0965. The number of carbonyl (C=O) groups is 1. The molecule has 0 atom stereocenters. The molecule has 1 aromatic heterocycles. The van der Waals surface area contributed by atoms with Gasteiger partial charge in [-0.2, -0.15) is 5.21 Å². The van der Waals surface area contributed by atoms with Crippen LogP contribution in [0.4, 0.5) is 0 Å². The van der Waals surface area contributed by atoms with Gasteiger partial charge in [-0.3, -0.25) is 4.79 Å². The Balaban J connectivity index is 1.44. The lowest BCUT2D eigenvalue weighted by Crippen LogP contribution is -2.06. The minimum absolute atomic E-state index is 0.00596. The lowest BCUT2D eigenvalue weighted by Gasteiger charge is -2.13. The summed E-state index contributed by atoms with van der Waals surface area (Å²) in [6.07, 6.45) is 2.00. The first-order valence-electron chi connectivity index (χ1n) is 10.1. The van der Waals surface area contributed by atoms with E-state index in [1.807, 2.05) is 60.7 Å². The molecule has 8 nitrogen and oxygen atoms in total. The summed E-state index contributed by atoms with van der Waals surface area (Å²) < 4.78 is 12.1. The zero-order chi connectivity index (χ0) is 22.2. The van der Waals surface area contributed by atoms with E-state index in [1.54, 1.807) is 12.1 Å². The molecule has 0 aliphatic carbocycles. The largest absolute Gasteiger partial charge is 0.506 e. The van der Waals surface area contributed by atoms with Gasteiger partial charge in [-0.15, -0.1) is 10.2 Å². The number of benzene rings is 2. The Bertz CT molecular complexity index is 1010. The third kappa shape index (κ3) is 6.39. The number of aromatic amines is 1. The molecule has 9 heteroatoms. The van der Waals surface area contributed by atoms with Crippen molar-refractivity contribution in [3.8, 4) is 28.6 Å². The van der Waals surface area contributed by atoms with E-state index in [-0.39, 0.29) is 17.5 Å². The topological polar surface area (TPSA) is 110 Å². The van der Waals surface area contributed by atoms with Gasteiger partial charge in [0.05, 0.1) is 22.3 Å². The van der Waals surface area contributed by atoms with Gasteiger partial charge in [-0.25, -0.2) is 0 Å². The van der Waals surface area contributed by atoms with Gasteiger partial charge in [0.1, 0.15) is 17.2 Å². The second-order valence-electron chi connectivity index (χ2n) is 7.46. The highest BCUT2D eigenvalue weighted by atomic mass is 127. The summed E-state index contributed by atoms with van der Waals surface area (Å²) in [6.45, 7) is 4.99. The maximum absolute atomic E-state index is 12.2. The zero-order valence-electron chi connectivity index (χ0n) is 17.5. The lowest BCUT2D eigenvalue weighted by atomic mass is 10.0. The van der Waals surface area contributed by atoms with Crippen LogP contribution in [0.2, 0.25) is 0 Å². The van der Waals surface area contributed by atoms with Crippen molar-refractivity contribution in [2.45, 2.75) is 33.1 Å². The van der Waals surface area contributed by atoms with Gasteiger partial charge in [0.15, 0.2) is 5.78 Å². The molecule has 2 N–H and O–H groups in total. The van der Waals surface area contributed by atoms with E-state index >= 15 is 0 Å². The highest BCUT2D eigenvalue weighted by molar-refractivity contribution is 14.1. The van der Waals surface area contributed by atoms with Crippen molar-refractivity contribution in [3.63, 3.8) is 0 Å². The van der Waals surface area contributed by atoms with Crippen LogP contribution in [0.3, 0.4) is 0 Å². The first-order valence-corrected chi connectivity index (χ1v) is 11.2. The molecule has 0 aliphatic heterocycles. The van der Waals surface area contributed by atoms with Crippen LogP contribution in [0.15, 0.2) is 36.4 Å². The van der Waals surface area contributed by atoms with Crippen molar-refractivity contribution in [3.05, 3.63) is 45.5 Å². The molecule has 0 unspecified atom stereocenters. The number of unbranched alkanes of at least 4 members (excludes halogenated alkanes) is 1. The fourth-order valence-electron chi connectivity index (χ4n) is 2.95. The predicted octanol–water partition coefficient (Wildman–Crippen LogP) is 4.64. The normalized spacial score (nSPS) is 11.0. The van der Waals surface area contributed by atoms with Gasteiger partial charge in [-0.1, -0.05) is 26.0 Å². The van der Waals surface area contributed by atoms with Crippen molar-refractivity contribution < 1.29 is 19.4 Å². The Morgan fingerprint density at radius 1 is 1.16 bits per heavy atom. The Kier molecular flexibility index (Phi) is 8.21. The predicted molar refractivity (Wildman–Crippen MR) is 124 cm³/mol. The molecular formula is C22H25IN4O4. The highest BCUT2D eigenvalue weighted by Gasteiger charge is 2.17. The molecule has 2 aromatic carbocycles. The number of rotatable bonds is 11. The summed E-state index contributed by atoms with van der Waals surface area (Å²) in [7, 11) is 0. The molecule has 0 saturated heterocycles. The van der Waals surface area contributed by atoms with Crippen LogP contribution >= 0.6 is 22.6 Å². The van der Waals surface area contributed by atoms with Gasteiger partial charge in [0, 0.05) is 12.0 Å².